The van der Waals surface area contributed by atoms with Crippen molar-refractivity contribution >= 4 is 0 Å². The first-order chi connectivity index (χ1) is 5.37. The molecule has 1 atom stereocenters. The van der Waals surface area contributed by atoms with Crippen molar-refractivity contribution in [2.45, 2.75) is 40.5 Å². The van der Waals surface area contributed by atoms with Crippen molar-refractivity contribution in [3.63, 3.8) is 0 Å². The van der Waals surface area contributed by atoms with Crippen molar-refractivity contribution in [1.82, 2.24) is 0 Å². The molecule has 1 heteroatoms. The summed E-state index contributed by atoms with van der Waals surface area (Å²) in [5, 5.41) is 8.72. The van der Waals surface area contributed by atoms with Gasteiger partial charge in [-0.05, 0) is 25.2 Å². The first kappa shape index (κ1) is 11.5. The summed E-state index contributed by atoms with van der Waals surface area (Å²) in [6.07, 6.45) is 7.18. The molecule has 70 valence electrons. The Balaban J connectivity index is 4.38. The van der Waals surface area contributed by atoms with Gasteiger partial charge < -0.3 is 5.11 Å². The highest BCUT2D eigenvalue weighted by Gasteiger charge is 2.34. The maximum Gasteiger partial charge on any atom is 0.0431 e. The molecule has 0 amide bonds. The Hall–Kier alpha value is -0.480. The van der Waals surface area contributed by atoms with E-state index in [2.05, 4.69) is 33.6 Å². The number of hydrogen-bond donors (Lipinski definition) is 1. The van der Waals surface area contributed by atoms with Crippen molar-refractivity contribution < 1.29 is 5.11 Å². The van der Waals surface area contributed by atoms with E-state index in [0.717, 1.165) is 12.8 Å². The molecule has 0 aliphatic rings. The third-order valence-electron chi connectivity index (χ3n) is 2.81. The SMILES string of the molecule is C#CC(C)(CCCO)C(C)(C)C. The largest absolute Gasteiger partial charge is 0.396 e. The van der Waals surface area contributed by atoms with E-state index in [0.29, 0.717) is 0 Å². The van der Waals surface area contributed by atoms with Crippen LogP contribution >= 0.6 is 0 Å². The lowest BCUT2D eigenvalue weighted by Crippen LogP contribution is -2.31. The molecule has 12 heavy (non-hydrogen) atoms. The zero-order valence-corrected chi connectivity index (χ0v) is 8.65. The summed E-state index contributed by atoms with van der Waals surface area (Å²) >= 11 is 0. The van der Waals surface area contributed by atoms with Crippen molar-refractivity contribution in [1.29, 1.82) is 0 Å². The van der Waals surface area contributed by atoms with E-state index in [9.17, 15) is 0 Å². The second-order valence-electron chi connectivity index (χ2n) is 4.55. The average molecular weight is 168 g/mol. The summed E-state index contributed by atoms with van der Waals surface area (Å²) in [5.74, 6) is 2.84. The van der Waals surface area contributed by atoms with Gasteiger partial charge in [-0.1, -0.05) is 26.7 Å². The molecular formula is C11H20O. The average Bonchev–Trinajstić information content (AvgIpc) is 1.98. The topological polar surface area (TPSA) is 20.2 Å². The minimum absolute atomic E-state index is 0.101. The van der Waals surface area contributed by atoms with Gasteiger partial charge in [0.2, 0.25) is 0 Å². The van der Waals surface area contributed by atoms with Crippen molar-refractivity contribution in [2.75, 3.05) is 6.61 Å². The normalized spacial score (nSPS) is 16.7. The van der Waals surface area contributed by atoms with Crippen LogP contribution in [0, 0.1) is 23.2 Å². The summed E-state index contributed by atoms with van der Waals surface area (Å²) in [6.45, 7) is 8.74. The molecular weight excluding hydrogens is 148 g/mol. The molecule has 0 saturated carbocycles. The Kier molecular flexibility index (Phi) is 3.80. The zero-order valence-electron chi connectivity index (χ0n) is 8.65. The fourth-order valence-electron chi connectivity index (χ4n) is 1.10. The monoisotopic (exact) mass is 168 g/mol. The fraction of sp³-hybridized carbons (Fsp3) is 0.818. The second-order valence-corrected chi connectivity index (χ2v) is 4.55. The lowest BCUT2D eigenvalue weighted by atomic mass is 9.66. The van der Waals surface area contributed by atoms with E-state index in [4.69, 9.17) is 11.5 Å². The van der Waals surface area contributed by atoms with Gasteiger partial charge in [0.25, 0.3) is 0 Å². The first-order valence-electron chi connectivity index (χ1n) is 4.46. The Morgan fingerprint density at radius 3 is 2.00 bits per heavy atom. The van der Waals surface area contributed by atoms with E-state index in [1.54, 1.807) is 0 Å². The van der Waals surface area contributed by atoms with Crippen LogP contribution in [0.25, 0.3) is 0 Å². The molecule has 1 nitrogen and oxygen atoms in total. The number of hydrogen-bond acceptors (Lipinski definition) is 1. The summed E-state index contributed by atoms with van der Waals surface area (Å²) < 4.78 is 0. The van der Waals surface area contributed by atoms with Gasteiger partial charge in [-0.2, -0.15) is 0 Å². The molecule has 0 aromatic heterocycles. The first-order valence-corrected chi connectivity index (χ1v) is 4.46. The van der Waals surface area contributed by atoms with E-state index in [1.807, 2.05) is 0 Å². The van der Waals surface area contributed by atoms with Crippen molar-refractivity contribution in [3.8, 4) is 12.3 Å². The van der Waals surface area contributed by atoms with Crippen molar-refractivity contribution in [2.24, 2.45) is 10.8 Å². The third kappa shape index (κ3) is 2.53. The standard InChI is InChI=1S/C11H20O/c1-6-11(5,8-7-9-12)10(2,3)4/h1,12H,7-9H2,2-5H3. The van der Waals surface area contributed by atoms with Crippen LogP contribution in [0.4, 0.5) is 0 Å². The maximum atomic E-state index is 8.72. The zero-order chi connectivity index (χ0) is 9.83. The van der Waals surface area contributed by atoms with Crippen LogP contribution in [-0.4, -0.2) is 11.7 Å². The molecule has 0 aromatic carbocycles. The van der Waals surface area contributed by atoms with Gasteiger partial charge in [0, 0.05) is 12.0 Å². The molecule has 0 aliphatic carbocycles. The van der Waals surface area contributed by atoms with Gasteiger partial charge in [-0.25, -0.2) is 0 Å². The highest BCUT2D eigenvalue weighted by molar-refractivity contribution is 5.08. The maximum absolute atomic E-state index is 8.72. The molecule has 1 N–H and O–H groups in total. The quantitative estimate of drug-likeness (QED) is 0.642. The number of aliphatic hydroxyl groups is 1. The Morgan fingerprint density at radius 2 is 1.75 bits per heavy atom. The number of terminal acetylenes is 1. The van der Waals surface area contributed by atoms with Crippen LogP contribution in [-0.2, 0) is 0 Å². The van der Waals surface area contributed by atoms with E-state index < -0.39 is 0 Å². The van der Waals surface area contributed by atoms with E-state index >= 15 is 0 Å². The summed E-state index contributed by atoms with van der Waals surface area (Å²) in [7, 11) is 0. The van der Waals surface area contributed by atoms with Crippen LogP contribution < -0.4 is 0 Å². The molecule has 0 heterocycles. The summed E-state index contributed by atoms with van der Waals surface area (Å²) in [5.41, 5.74) is 0.00660. The summed E-state index contributed by atoms with van der Waals surface area (Å²) in [6, 6.07) is 0. The molecule has 0 saturated heterocycles. The third-order valence-corrected chi connectivity index (χ3v) is 2.81. The number of aliphatic hydroxyl groups excluding tert-OH is 1. The fourth-order valence-corrected chi connectivity index (χ4v) is 1.10. The number of rotatable bonds is 3. The van der Waals surface area contributed by atoms with Gasteiger partial charge in [0.1, 0.15) is 0 Å². The molecule has 0 radical (unpaired) electrons. The van der Waals surface area contributed by atoms with Crippen LogP contribution in [0.3, 0.4) is 0 Å². The van der Waals surface area contributed by atoms with E-state index in [-0.39, 0.29) is 17.4 Å². The Bertz CT molecular complexity index is 170. The van der Waals surface area contributed by atoms with Crippen LogP contribution in [0.15, 0.2) is 0 Å². The van der Waals surface area contributed by atoms with Gasteiger partial charge >= 0.3 is 0 Å². The minimum Gasteiger partial charge on any atom is -0.396 e. The molecule has 0 bridgehead atoms. The smallest absolute Gasteiger partial charge is 0.0431 e. The molecule has 1 unspecified atom stereocenters. The lowest BCUT2D eigenvalue weighted by Gasteiger charge is -2.37. The molecule has 0 spiro atoms. The Labute approximate surface area is 76.2 Å². The van der Waals surface area contributed by atoms with Crippen molar-refractivity contribution in [3.05, 3.63) is 0 Å². The van der Waals surface area contributed by atoms with Crippen LogP contribution in [0.2, 0.25) is 0 Å². The van der Waals surface area contributed by atoms with Gasteiger partial charge in [-0.3, -0.25) is 0 Å². The van der Waals surface area contributed by atoms with Gasteiger partial charge in [-0.15, -0.1) is 6.42 Å². The summed E-state index contributed by atoms with van der Waals surface area (Å²) in [4.78, 5) is 0. The predicted octanol–water partition coefficient (Wildman–Crippen LogP) is 2.44. The Morgan fingerprint density at radius 1 is 1.25 bits per heavy atom. The lowest BCUT2D eigenvalue weighted by molar-refractivity contribution is 0.149. The second kappa shape index (κ2) is 3.96. The molecule has 0 rings (SSSR count). The van der Waals surface area contributed by atoms with Crippen LogP contribution in [0.1, 0.15) is 40.5 Å². The minimum atomic E-state index is -0.101. The predicted molar refractivity (Wildman–Crippen MR) is 52.7 cm³/mol. The molecule has 0 aromatic rings. The highest BCUT2D eigenvalue weighted by atomic mass is 16.2. The highest BCUT2D eigenvalue weighted by Crippen LogP contribution is 2.41. The van der Waals surface area contributed by atoms with E-state index in [1.165, 1.54) is 0 Å². The van der Waals surface area contributed by atoms with Gasteiger partial charge in [0.15, 0.2) is 0 Å². The molecule has 0 aliphatic heterocycles. The van der Waals surface area contributed by atoms with Crippen LogP contribution in [0.5, 0.6) is 0 Å². The molecule has 0 fully saturated rings. The van der Waals surface area contributed by atoms with Gasteiger partial charge in [0.05, 0.1) is 0 Å².